The maximum absolute atomic E-state index is 9.17. The molecule has 0 saturated carbocycles. The highest BCUT2D eigenvalue weighted by Crippen LogP contribution is 2.03. The number of aliphatic hydroxyl groups is 2. The van der Waals surface area contributed by atoms with Gasteiger partial charge in [0.15, 0.2) is 0 Å². The van der Waals surface area contributed by atoms with E-state index in [0.717, 1.165) is 25.9 Å². The van der Waals surface area contributed by atoms with Gasteiger partial charge in [-0.15, -0.1) is 0 Å². The Hall–Kier alpha value is -0.160. The summed E-state index contributed by atoms with van der Waals surface area (Å²) in [5, 5.41) is 18.3. The molecule has 0 radical (unpaired) electrons. The Kier molecular flexibility index (Phi) is 8.84. The van der Waals surface area contributed by atoms with Crippen LogP contribution >= 0.6 is 0 Å². The summed E-state index contributed by atoms with van der Waals surface area (Å²) in [5.74, 6) is 0. The van der Waals surface area contributed by atoms with Crippen molar-refractivity contribution in [3.63, 3.8) is 0 Å². The molecule has 0 aromatic heterocycles. The Balaban J connectivity index is 3.93. The van der Waals surface area contributed by atoms with Crippen LogP contribution in [0.25, 0.3) is 0 Å². The maximum atomic E-state index is 9.17. The summed E-state index contributed by atoms with van der Waals surface area (Å²) in [6.07, 6.45) is 1.93. The van der Waals surface area contributed by atoms with Gasteiger partial charge in [-0.25, -0.2) is 0 Å². The van der Waals surface area contributed by atoms with Gasteiger partial charge < -0.3 is 10.2 Å². The van der Waals surface area contributed by atoms with Gasteiger partial charge in [-0.05, 0) is 26.9 Å². The minimum Gasteiger partial charge on any atom is -0.395 e. The fraction of sp³-hybridized carbons (Fsp3) is 1.00. The van der Waals surface area contributed by atoms with Gasteiger partial charge in [0, 0.05) is 25.2 Å². The first kappa shape index (κ1) is 15.8. The first-order chi connectivity index (χ1) is 7.60. The summed E-state index contributed by atoms with van der Waals surface area (Å²) in [7, 11) is 4.08. The predicted molar refractivity (Wildman–Crippen MR) is 67.6 cm³/mol. The number of nitrogens with zero attached hydrogens (tertiary/aromatic N) is 2. The van der Waals surface area contributed by atoms with Crippen LogP contribution in [-0.2, 0) is 0 Å². The highest BCUT2D eigenvalue weighted by molar-refractivity contribution is 4.70. The van der Waals surface area contributed by atoms with Crippen molar-refractivity contribution in [2.24, 2.45) is 0 Å². The average molecular weight is 232 g/mol. The van der Waals surface area contributed by atoms with Gasteiger partial charge in [0.1, 0.15) is 0 Å². The molecule has 0 rings (SSSR count). The van der Waals surface area contributed by atoms with Crippen LogP contribution in [-0.4, -0.2) is 72.5 Å². The van der Waals surface area contributed by atoms with Crippen molar-refractivity contribution in [3.05, 3.63) is 0 Å². The Bertz CT molecular complexity index is 141. The second-order valence-corrected chi connectivity index (χ2v) is 4.45. The van der Waals surface area contributed by atoms with E-state index in [1.807, 2.05) is 14.1 Å². The number of aliphatic hydroxyl groups excluding tert-OH is 2. The van der Waals surface area contributed by atoms with Crippen molar-refractivity contribution in [2.45, 2.75) is 38.8 Å². The molecule has 4 nitrogen and oxygen atoms in total. The van der Waals surface area contributed by atoms with Crippen molar-refractivity contribution in [1.82, 2.24) is 9.80 Å². The van der Waals surface area contributed by atoms with Gasteiger partial charge in [0.05, 0.1) is 13.2 Å². The van der Waals surface area contributed by atoms with E-state index in [1.54, 1.807) is 0 Å². The minimum absolute atomic E-state index is 0.216. The molecule has 0 aliphatic heterocycles. The largest absolute Gasteiger partial charge is 0.395 e. The van der Waals surface area contributed by atoms with E-state index in [2.05, 4.69) is 23.6 Å². The summed E-state index contributed by atoms with van der Waals surface area (Å²) in [4.78, 5) is 4.36. The normalized spacial score (nSPS) is 15.8. The minimum atomic E-state index is 0.216. The fourth-order valence-electron chi connectivity index (χ4n) is 1.84. The van der Waals surface area contributed by atoms with Crippen molar-refractivity contribution in [1.29, 1.82) is 0 Å². The van der Waals surface area contributed by atoms with Gasteiger partial charge in [0.2, 0.25) is 0 Å². The molecule has 2 atom stereocenters. The predicted octanol–water partition coefficient (Wildman–Crippen LogP) is 0.392. The van der Waals surface area contributed by atoms with Gasteiger partial charge in [-0.1, -0.05) is 13.8 Å². The molecule has 0 saturated heterocycles. The van der Waals surface area contributed by atoms with Crippen LogP contribution in [0.4, 0.5) is 0 Å². The zero-order chi connectivity index (χ0) is 12.6. The summed E-state index contributed by atoms with van der Waals surface area (Å²) in [5.41, 5.74) is 0. The molecule has 0 unspecified atom stereocenters. The molecule has 0 aliphatic rings. The number of likely N-dealkylation sites (N-methyl/N-ethyl adjacent to an activating group) is 2. The molecule has 0 aliphatic carbocycles. The summed E-state index contributed by atoms with van der Waals surface area (Å²) in [6.45, 7) is 6.45. The summed E-state index contributed by atoms with van der Waals surface area (Å²) in [6, 6.07) is 0.505. The fourth-order valence-corrected chi connectivity index (χ4v) is 1.84. The Morgan fingerprint density at radius 2 is 1.12 bits per heavy atom. The van der Waals surface area contributed by atoms with E-state index in [-0.39, 0.29) is 25.3 Å². The molecule has 0 bridgehead atoms. The van der Waals surface area contributed by atoms with Crippen LogP contribution in [0.1, 0.15) is 26.7 Å². The third-order valence-corrected chi connectivity index (χ3v) is 3.42. The van der Waals surface area contributed by atoms with Crippen LogP contribution in [0.5, 0.6) is 0 Å². The lowest BCUT2D eigenvalue weighted by Crippen LogP contribution is -2.42. The lowest BCUT2D eigenvalue weighted by atomic mass is 10.2. The summed E-state index contributed by atoms with van der Waals surface area (Å²) >= 11 is 0. The molecular formula is C12H28N2O2. The van der Waals surface area contributed by atoms with E-state index < -0.39 is 0 Å². The molecule has 0 heterocycles. The number of hydrogen-bond acceptors (Lipinski definition) is 4. The molecule has 16 heavy (non-hydrogen) atoms. The van der Waals surface area contributed by atoms with Gasteiger partial charge in [0.25, 0.3) is 0 Å². The standard InChI is InChI=1S/C12H28N2O2/c1-5-11(9-15)13(3)7-8-14(4)12(6-2)10-16/h11-12,15-16H,5-10H2,1-4H3/t11-,12-/m1/s1. The zero-order valence-electron chi connectivity index (χ0n) is 11.2. The second kappa shape index (κ2) is 8.93. The first-order valence-corrected chi connectivity index (χ1v) is 6.22. The van der Waals surface area contributed by atoms with Crippen LogP contribution in [0, 0.1) is 0 Å². The average Bonchev–Trinajstić information content (AvgIpc) is 2.29. The first-order valence-electron chi connectivity index (χ1n) is 6.22. The molecular weight excluding hydrogens is 204 g/mol. The molecule has 0 spiro atoms. The zero-order valence-corrected chi connectivity index (χ0v) is 11.2. The van der Waals surface area contributed by atoms with E-state index in [9.17, 15) is 0 Å². The third-order valence-electron chi connectivity index (χ3n) is 3.42. The Morgan fingerprint density at radius 3 is 1.31 bits per heavy atom. The summed E-state index contributed by atoms with van der Waals surface area (Å²) < 4.78 is 0. The van der Waals surface area contributed by atoms with Crippen LogP contribution in [0.2, 0.25) is 0 Å². The van der Waals surface area contributed by atoms with Crippen LogP contribution in [0.3, 0.4) is 0 Å². The van der Waals surface area contributed by atoms with Gasteiger partial charge >= 0.3 is 0 Å². The van der Waals surface area contributed by atoms with Gasteiger partial charge in [-0.3, -0.25) is 9.80 Å². The highest BCUT2D eigenvalue weighted by Gasteiger charge is 2.15. The number of rotatable bonds is 9. The van der Waals surface area contributed by atoms with Crippen molar-refractivity contribution in [3.8, 4) is 0 Å². The Labute approximate surface area is 99.9 Å². The van der Waals surface area contributed by atoms with Crippen LogP contribution in [0.15, 0.2) is 0 Å². The smallest absolute Gasteiger partial charge is 0.0586 e. The van der Waals surface area contributed by atoms with E-state index in [1.165, 1.54) is 0 Å². The molecule has 0 amide bonds. The molecule has 0 aromatic rings. The SMILES string of the molecule is CC[C@H](CO)N(C)CCN(C)[C@H](CC)CO. The topological polar surface area (TPSA) is 46.9 Å². The number of hydrogen-bond donors (Lipinski definition) is 2. The molecule has 98 valence electrons. The van der Waals surface area contributed by atoms with Gasteiger partial charge in [-0.2, -0.15) is 0 Å². The lowest BCUT2D eigenvalue weighted by molar-refractivity contribution is 0.104. The quantitative estimate of drug-likeness (QED) is 0.604. The van der Waals surface area contributed by atoms with Crippen molar-refractivity contribution >= 4 is 0 Å². The van der Waals surface area contributed by atoms with E-state index in [0.29, 0.717) is 0 Å². The third kappa shape index (κ3) is 5.25. The monoisotopic (exact) mass is 232 g/mol. The lowest BCUT2D eigenvalue weighted by Gasteiger charge is -2.30. The van der Waals surface area contributed by atoms with E-state index in [4.69, 9.17) is 10.2 Å². The Morgan fingerprint density at radius 1 is 0.812 bits per heavy atom. The maximum Gasteiger partial charge on any atom is 0.0586 e. The molecule has 4 heteroatoms. The van der Waals surface area contributed by atoms with Crippen molar-refractivity contribution in [2.75, 3.05) is 40.4 Å². The van der Waals surface area contributed by atoms with E-state index >= 15 is 0 Å². The second-order valence-electron chi connectivity index (χ2n) is 4.45. The molecule has 0 aromatic carbocycles. The molecule has 2 N–H and O–H groups in total. The van der Waals surface area contributed by atoms with Crippen molar-refractivity contribution < 1.29 is 10.2 Å². The van der Waals surface area contributed by atoms with Crippen LogP contribution < -0.4 is 0 Å². The molecule has 0 fully saturated rings. The highest BCUT2D eigenvalue weighted by atomic mass is 16.3.